The van der Waals surface area contributed by atoms with Crippen LogP contribution in [0.4, 0.5) is 0 Å². The molecule has 0 saturated carbocycles. The van der Waals surface area contributed by atoms with E-state index < -0.39 is 12.1 Å². The van der Waals surface area contributed by atoms with Gasteiger partial charge in [0.05, 0.1) is 18.8 Å². The Morgan fingerprint density at radius 1 is 0.543 bits per heavy atom. The average molecular weight is 640 g/mol. The van der Waals surface area contributed by atoms with E-state index in [0.29, 0.717) is 6.42 Å². The molecule has 4 heteroatoms. The van der Waals surface area contributed by atoms with Crippen LogP contribution in [-0.2, 0) is 4.79 Å². The normalized spacial score (nSPS) is 13.9. The summed E-state index contributed by atoms with van der Waals surface area (Å²) in [7, 11) is 0. The van der Waals surface area contributed by atoms with Crippen molar-refractivity contribution in [1.82, 2.24) is 5.32 Å². The van der Waals surface area contributed by atoms with Crippen LogP contribution in [0.15, 0.2) is 72.9 Å². The molecule has 3 N–H and O–H groups in total. The zero-order chi connectivity index (χ0) is 33.6. The van der Waals surface area contributed by atoms with Crippen molar-refractivity contribution >= 4 is 5.91 Å². The van der Waals surface area contributed by atoms with Crippen LogP contribution < -0.4 is 5.32 Å². The SMILES string of the molecule is CC/C=C\C/C=C\C/C=C\C/C=C\CCCCCCCCCCCCCCC(=O)NC(CO)C(O)/C=C/CC/C=C/CCCCC. The van der Waals surface area contributed by atoms with E-state index >= 15 is 0 Å². The van der Waals surface area contributed by atoms with Crippen molar-refractivity contribution in [1.29, 1.82) is 0 Å². The smallest absolute Gasteiger partial charge is 0.220 e. The number of hydrogen-bond acceptors (Lipinski definition) is 3. The fourth-order valence-electron chi connectivity index (χ4n) is 5.24. The van der Waals surface area contributed by atoms with Crippen LogP contribution >= 0.6 is 0 Å². The summed E-state index contributed by atoms with van der Waals surface area (Å²) in [4.78, 5) is 12.3. The Bertz CT molecular complexity index is 823. The lowest BCUT2D eigenvalue weighted by molar-refractivity contribution is -0.123. The molecule has 2 unspecified atom stereocenters. The number of carbonyl (C=O) groups excluding carboxylic acids is 1. The molecule has 0 aliphatic rings. The summed E-state index contributed by atoms with van der Waals surface area (Å²) in [5.41, 5.74) is 0. The summed E-state index contributed by atoms with van der Waals surface area (Å²) >= 11 is 0. The number of unbranched alkanes of at least 4 members (excludes halogenated alkanes) is 16. The van der Waals surface area contributed by atoms with Crippen LogP contribution in [0.1, 0.15) is 168 Å². The number of rotatable bonds is 33. The number of carbonyl (C=O) groups is 1. The second-order valence-electron chi connectivity index (χ2n) is 12.6. The third-order valence-corrected chi connectivity index (χ3v) is 8.17. The first-order valence-electron chi connectivity index (χ1n) is 19.2. The molecule has 1 amide bonds. The molecule has 264 valence electrons. The minimum absolute atomic E-state index is 0.0834. The van der Waals surface area contributed by atoms with E-state index in [1.54, 1.807) is 6.08 Å². The predicted molar refractivity (Wildman–Crippen MR) is 202 cm³/mol. The summed E-state index contributed by atoms with van der Waals surface area (Å²) in [5, 5.41) is 22.8. The van der Waals surface area contributed by atoms with Crippen molar-refractivity contribution < 1.29 is 15.0 Å². The minimum Gasteiger partial charge on any atom is -0.394 e. The van der Waals surface area contributed by atoms with Crippen LogP contribution in [0.5, 0.6) is 0 Å². The summed E-state index contributed by atoms with van der Waals surface area (Å²) in [6.45, 7) is 4.11. The van der Waals surface area contributed by atoms with E-state index in [2.05, 4.69) is 79.9 Å². The van der Waals surface area contributed by atoms with Crippen LogP contribution in [-0.4, -0.2) is 34.9 Å². The molecule has 0 aliphatic carbocycles. The standard InChI is InChI=1S/C42H73NO3/c1-3-5-7-9-11-13-14-15-16-17-18-19-20-21-22-23-24-25-26-27-28-30-32-34-36-38-42(46)43-40(39-44)41(45)37-35-33-31-29-12-10-8-6-4-2/h5,7,11-13,15-16,18-19,29,35,37,40-41,44-45H,3-4,6,8-10,14,17,20-28,30-34,36,38-39H2,1-2H3,(H,43,46)/b7-5-,13-11-,16-15-,19-18-,29-12+,37-35+. The molecule has 0 spiro atoms. The molecule has 0 aromatic rings. The largest absolute Gasteiger partial charge is 0.394 e. The molecule has 0 saturated heterocycles. The van der Waals surface area contributed by atoms with E-state index in [1.807, 2.05) is 6.08 Å². The summed E-state index contributed by atoms with van der Waals surface area (Å²) in [5.74, 6) is -0.0834. The Hall–Kier alpha value is -2.17. The van der Waals surface area contributed by atoms with Crippen molar-refractivity contribution in [3.05, 3.63) is 72.9 Å². The molecule has 4 nitrogen and oxygen atoms in total. The Kier molecular flexibility index (Phi) is 35.5. The van der Waals surface area contributed by atoms with Crippen LogP contribution in [0.2, 0.25) is 0 Å². The number of amides is 1. The first kappa shape index (κ1) is 43.8. The molecule has 0 bridgehead atoms. The molecular formula is C42H73NO3. The van der Waals surface area contributed by atoms with Gasteiger partial charge < -0.3 is 15.5 Å². The fraction of sp³-hybridized carbons (Fsp3) is 0.690. The molecular weight excluding hydrogens is 566 g/mol. The Balaban J connectivity index is 3.58. The van der Waals surface area contributed by atoms with Gasteiger partial charge in [0.1, 0.15) is 0 Å². The van der Waals surface area contributed by atoms with Crippen molar-refractivity contribution in [2.24, 2.45) is 0 Å². The van der Waals surface area contributed by atoms with Gasteiger partial charge in [-0.05, 0) is 70.6 Å². The van der Waals surface area contributed by atoms with Gasteiger partial charge in [-0.1, -0.05) is 164 Å². The lowest BCUT2D eigenvalue weighted by Gasteiger charge is -2.19. The molecule has 0 aliphatic heterocycles. The second-order valence-corrected chi connectivity index (χ2v) is 12.6. The molecule has 0 aromatic carbocycles. The second kappa shape index (κ2) is 37.3. The van der Waals surface area contributed by atoms with Gasteiger partial charge in [-0.3, -0.25) is 4.79 Å². The van der Waals surface area contributed by atoms with Gasteiger partial charge in [-0.15, -0.1) is 0 Å². The van der Waals surface area contributed by atoms with E-state index in [-0.39, 0.29) is 12.5 Å². The third-order valence-electron chi connectivity index (χ3n) is 8.17. The lowest BCUT2D eigenvalue weighted by Crippen LogP contribution is -2.45. The lowest BCUT2D eigenvalue weighted by atomic mass is 10.0. The molecule has 46 heavy (non-hydrogen) atoms. The molecule has 0 fully saturated rings. The number of nitrogens with one attached hydrogen (secondary N) is 1. The molecule has 0 rings (SSSR count). The van der Waals surface area contributed by atoms with Gasteiger partial charge in [-0.2, -0.15) is 0 Å². The predicted octanol–water partition coefficient (Wildman–Crippen LogP) is 11.6. The zero-order valence-corrected chi connectivity index (χ0v) is 30.1. The Morgan fingerprint density at radius 3 is 1.52 bits per heavy atom. The highest BCUT2D eigenvalue weighted by molar-refractivity contribution is 5.76. The zero-order valence-electron chi connectivity index (χ0n) is 30.1. The topological polar surface area (TPSA) is 69.6 Å². The molecule has 0 radical (unpaired) electrons. The van der Waals surface area contributed by atoms with Gasteiger partial charge in [-0.25, -0.2) is 0 Å². The maximum absolute atomic E-state index is 12.3. The summed E-state index contributed by atoms with van der Waals surface area (Å²) in [6.07, 6.45) is 52.9. The number of hydrogen-bond donors (Lipinski definition) is 3. The molecule has 2 atom stereocenters. The van der Waals surface area contributed by atoms with Crippen molar-refractivity contribution in [3.63, 3.8) is 0 Å². The number of aliphatic hydroxyl groups excluding tert-OH is 2. The maximum Gasteiger partial charge on any atom is 0.220 e. The summed E-state index contributed by atoms with van der Waals surface area (Å²) in [6, 6.07) is -0.640. The summed E-state index contributed by atoms with van der Waals surface area (Å²) < 4.78 is 0. The molecule has 0 heterocycles. The van der Waals surface area contributed by atoms with E-state index in [4.69, 9.17) is 0 Å². The van der Waals surface area contributed by atoms with E-state index in [1.165, 1.54) is 89.9 Å². The van der Waals surface area contributed by atoms with Crippen molar-refractivity contribution in [2.45, 2.75) is 180 Å². The first-order chi connectivity index (χ1) is 22.7. The third kappa shape index (κ3) is 33.2. The van der Waals surface area contributed by atoms with Crippen LogP contribution in [0, 0.1) is 0 Å². The monoisotopic (exact) mass is 640 g/mol. The van der Waals surface area contributed by atoms with Crippen molar-refractivity contribution in [2.75, 3.05) is 6.61 Å². The van der Waals surface area contributed by atoms with E-state index in [0.717, 1.165) is 57.8 Å². The van der Waals surface area contributed by atoms with Gasteiger partial charge in [0.25, 0.3) is 0 Å². The first-order valence-corrected chi connectivity index (χ1v) is 19.2. The molecule has 0 aromatic heterocycles. The highest BCUT2D eigenvalue weighted by Gasteiger charge is 2.17. The van der Waals surface area contributed by atoms with Crippen LogP contribution in [0.25, 0.3) is 0 Å². The minimum atomic E-state index is -0.862. The van der Waals surface area contributed by atoms with E-state index in [9.17, 15) is 15.0 Å². The van der Waals surface area contributed by atoms with Gasteiger partial charge >= 0.3 is 0 Å². The Labute approximate surface area is 285 Å². The van der Waals surface area contributed by atoms with Crippen LogP contribution in [0.3, 0.4) is 0 Å². The highest BCUT2D eigenvalue weighted by Crippen LogP contribution is 2.13. The van der Waals surface area contributed by atoms with Gasteiger partial charge in [0, 0.05) is 6.42 Å². The quantitative estimate of drug-likeness (QED) is 0.0494. The Morgan fingerprint density at radius 2 is 0.978 bits per heavy atom. The number of allylic oxidation sites excluding steroid dienone is 11. The van der Waals surface area contributed by atoms with Crippen molar-refractivity contribution in [3.8, 4) is 0 Å². The number of aliphatic hydroxyl groups is 2. The van der Waals surface area contributed by atoms with Gasteiger partial charge in [0.2, 0.25) is 5.91 Å². The van der Waals surface area contributed by atoms with Gasteiger partial charge in [0.15, 0.2) is 0 Å². The average Bonchev–Trinajstić information content (AvgIpc) is 3.06. The maximum atomic E-state index is 12.3. The fourth-order valence-corrected chi connectivity index (χ4v) is 5.24. The highest BCUT2D eigenvalue weighted by atomic mass is 16.3.